The van der Waals surface area contributed by atoms with Crippen LogP contribution in [0.3, 0.4) is 0 Å². The molecule has 1 aliphatic rings. The van der Waals surface area contributed by atoms with Crippen LogP contribution in [0.5, 0.6) is 0 Å². The number of rotatable bonds is 5. The van der Waals surface area contributed by atoms with Crippen LogP contribution in [0.25, 0.3) is 5.78 Å². The number of benzene rings is 1. The summed E-state index contributed by atoms with van der Waals surface area (Å²) in [6, 6.07) is 8.11. The highest BCUT2D eigenvalue weighted by Gasteiger charge is 2.28. The molecule has 1 fully saturated rings. The molecule has 0 bridgehead atoms. The van der Waals surface area contributed by atoms with Crippen molar-refractivity contribution >= 4 is 23.2 Å². The summed E-state index contributed by atoms with van der Waals surface area (Å²) in [6.07, 6.45) is 5.32. The van der Waals surface area contributed by atoms with Gasteiger partial charge < -0.3 is 10.2 Å². The van der Waals surface area contributed by atoms with Gasteiger partial charge in [0.1, 0.15) is 12.1 Å². The van der Waals surface area contributed by atoms with Crippen LogP contribution in [-0.4, -0.2) is 38.6 Å². The molecule has 2 aromatic heterocycles. The molecule has 1 aliphatic heterocycles. The minimum Gasteiger partial charge on any atom is -0.356 e. The lowest BCUT2D eigenvalue weighted by Crippen LogP contribution is -2.41. The van der Waals surface area contributed by atoms with Gasteiger partial charge in [0.05, 0.1) is 5.92 Å². The number of nitrogens with one attached hydrogen (secondary N) is 1. The molecule has 7 nitrogen and oxygen atoms in total. The normalized spacial score (nSPS) is 16.9. The number of piperidine rings is 1. The highest BCUT2D eigenvalue weighted by Crippen LogP contribution is 2.26. The van der Waals surface area contributed by atoms with Crippen LogP contribution in [0.4, 0.5) is 11.5 Å². The maximum Gasteiger partial charge on any atom is 0.254 e. The maximum atomic E-state index is 13.0. The van der Waals surface area contributed by atoms with E-state index in [9.17, 15) is 4.79 Å². The first-order valence-corrected chi connectivity index (χ1v) is 10.4. The largest absolute Gasteiger partial charge is 0.356 e. The summed E-state index contributed by atoms with van der Waals surface area (Å²) in [6.45, 7) is 7.82. The summed E-state index contributed by atoms with van der Waals surface area (Å²) < 4.78 is 1.78. The molecular weight excluding hydrogens is 364 g/mol. The van der Waals surface area contributed by atoms with Gasteiger partial charge >= 0.3 is 0 Å². The van der Waals surface area contributed by atoms with E-state index >= 15 is 0 Å². The monoisotopic (exact) mass is 392 g/mol. The van der Waals surface area contributed by atoms with Crippen molar-refractivity contribution in [1.82, 2.24) is 19.6 Å². The quantitative estimate of drug-likeness (QED) is 0.719. The zero-order valence-electron chi connectivity index (χ0n) is 17.4. The van der Waals surface area contributed by atoms with Gasteiger partial charge in [0.15, 0.2) is 0 Å². The summed E-state index contributed by atoms with van der Waals surface area (Å²) in [5.41, 5.74) is 4.22. The molecule has 1 saturated heterocycles. The topological polar surface area (TPSA) is 75.4 Å². The van der Waals surface area contributed by atoms with Crippen LogP contribution in [0.15, 0.2) is 30.6 Å². The van der Waals surface area contributed by atoms with Crippen molar-refractivity contribution in [3.63, 3.8) is 0 Å². The maximum absolute atomic E-state index is 13.0. The summed E-state index contributed by atoms with van der Waals surface area (Å²) in [5.74, 6) is 1.61. The molecule has 1 amide bonds. The summed E-state index contributed by atoms with van der Waals surface area (Å²) in [4.78, 5) is 24.1. The zero-order valence-corrected chi connectivity index (χ0v) is 17.4. The molecule has 1 N–H and O–H groups in total. The Morgan fingerprint density at radius 2 is 2.17 bits per heavy atom. The van der Waals surface area contributed by atoms with Gasteiger partial charge in [-0.25, -0.2) is 4.98 Å². The molecule has 0 radical (unpaired) electrons. The number of hydrogen-bond donors (Lipinski definition) is 1. The molecule has 1 aromatic carbocycles. The van der Waals surface area contributed by atoms with Crippen molar-refractivity contribution in [2.24, 2.45) is 5.92 Å². The van der Waals surface area contributed by atoms with Gasteiger partial charge in [0.25, 0.3) is 5.78 Å². The molecular formula is C22H28N6O. The van der Waals surface area contributed by atoms with Crippen LogP contribution in [0, 0.1) is 19.8 Å². The van der Waals surface area contributed by atoms with Crippen molar-refractivity contribution in [1.29, 1.82) is 0 Å². The van der Waals surface area contributed by atoms with Gasteiger partial charge in [-0.05, 0) is 50.3 Å². The first-order valence-electron chi connectivity index (χ1n) is 10.4. The number of fused-ring (bicyclic) bond motifs is 1. The van der Waals surface area contributed by atoms with E-state index in [1.165, 1.54) is 11.9 Å². The number of nitrogens with zero attached hydrogens (tertiary/aromatic N) is 5. The number of hydrogen-bond acceptors (Lipinski definition) is 5. The second-order valence-electron chi connectivity index (χ2n) is 7.85. The van der Waals surface area contributed by atoms with Gasteiger partial charge in [-0.1, -0.05) is 25.5 Å². The lowest BCUT2D eigenvalue weighted by molar-refractivity contribution is -0.120. The van der Waals surface area contributed by atoms with Crippen LogP contribution in [0.2, 0.25) is 0 Å². The fraction of sp³-hybridized carbons (Fsp3) is 0.455. The second-order valence-corrected chi connectivity index (χ2v) is 7.85. The number of aromatic nitrogens is 4. The lowest BCUT2D eigenvalue weighted by atomic mass is 9.96. The van der Waals surface area contributed by atoms with Crippen molar-refractivity contribution in [2.75, 3.05) is 23.3 Å². The number of amides is 1. The standard InChI is InChI=1S/C22H28N6O/c1-4-7-18-12-20(28-22(25-18)23-14-24-28)27-11-6-9-17(13-27)21(29)26-19-10-5-8-15(2)16(19)3/h5,8,10,12,14,17H,4,6-7,9,11,13H2,1-3H3,(H,26,29). The van der Waals surface area contributed by atoms with Crippen LogP contribution in [0.1, 0.15) is 43.0 Å². The Morgan fingerprint density at radius 3 is 3.00 bits per heavy atom. The van der Waals surface area contributed by atoms with Gasteiger partial charge in [-0.15, -0.1) is 0 Å². The average molecular weight is 393 g/mol. The van der Waals surface area contributed by atoms with Crippen molar-refractivity contribution in [3.05, 3.63) is 47.4 Å². The fourth-order valence-corrected chi connectivity index (χ4v) is 3.97. The average Bonchev–Trinajstić information content (AvgIpc) is 3.20. The van der Waals surface area contributed by atoms with E-state index in [4.69, 9.17) is 0 Å². The Hall–Kier alpha value is -2.96. The Kier molecular flexibility index (Phi) is 5.47. The molecule has 1 atom stereocenters. The van der Waals surface area contributed by atoms with Crippen molar-refractivity contribution < 1.29 is 4.79 Å². The molecule has 1 unspecified atom stereocenters. The smallest absolute Gasteiger partial charge is 0.254 e. The second kappa shape index (κ2) is 8.19. The highest BCUT2D eigenvalue weighted by molar-refractivity contribution is 5.93. The first-order chi connectivity index (χ1) is 14.1. The van der Waals surface area contributed by atoms with Gasteiger partial charge in [0.2, 0.25) is 5.91 Å². The molecule has 0 saturated carbocycles. The summed E-state index contributed by atoms with van der Waals surface area (Å²) in [7, 11) is 0. The number of carbonyl (C=O) groups excluding carboxylic acids is 1. The van der Waals surface area contributed by atoms with E-state index in [0.29, 0.717) is 12.3 Å². The Balaban J connectivity index is 1.55. The minimum absolute atomic E-state index is 0.0648. The van der Waals surface area contributed by atoms with Gasteiger partial charge in [-0.3, -0.25) is 4.79 Å². The Labute approximate surface area is 171 Å². The van der Waals surface area contributed by atoms with Gasteiger partial charge in [0, 0.05) is 30.5 Å². The van der Waals surface area contributed by atoms with Gasteiger partial charge in [-0.2, -0.15) is 14.6 Å². The predicted octanol–water partition coefficient (Wildman–Crippen LogP) is 3.55. The number of anilines is 2. The number of carbonyl (C=O) groups is 1. The van der Waals surface area contributed by atoms with Crippen LogP contribution in [-0.2, 0) is 11.2 Å². The zero-order chi connectivity index (χ0) is 20.4. The third-order valence-corrected chi connectivity index (χ3v) is 5.77. The third kappa shape index (κ3) is 3.95. The van der Waals surface area contributed by atoms with Crippen LogP contribution < -0.4 is 10.2 Å². The lowest BCUT2D eigenvalue weighted by Gasteiger charge is -2.33. The van der Waals surface area contributed by atoms with Crippen LogP contribution >= 0.6 is 0 Å². The molecule has 7 heteroatoms. The van der Waals surface area contributed by atoms with E-state index in [0.717, 1.165) is 55.0 Å². The SMILES string of the molecule is CCCc1cc(N2CCCC(C(=O)Nc3cccc(C)c3C)C2)n2ncnc2n1. The number of aryl methyl sites for hydroxylation is 2. The molecule has 3 heterocycles. The van der Waals surface area contributed by atoms with E-state index < -0.39 is 0 Å². The van der Waals surface area contributed by atoms with Crippen molar-refractivity contribution in [3.8, 4) is 0 Å². The van der Waals surface area contributed by atoms with E-state index in [2.05, 4.69) is 51.3 Å². The Morgan fingerprint density at radius 1 is 1.31 bits per heavy atom. The molecule has 29 heavy (non-hydrogen) atoms. The molecule has 4 rings (SSSR count). The summed E-state index contributed by atoms with van der Waals surface area (Å²) in [5, 5.41) is 7.50. The van der Waals surface area contributed by atoms with E-state index in [1.807, 2.05) is 19.1 Å². The summed E-state index contributed by atoms with van der Waals surface area (Å²) >= 11 is 0. The van der Waals surface area contributed by atoms with Crippen molar-refractivity contribution in [2.45, 2.75) is 46.5 Å². The highest BCUT2D eigenvalue weighted by atomic mass is 16.1. The molecule has 0 spiro atoms. The van der Waals surface area contributed by atoms with E-state index in [1.54, 1.807) is 4.52 Å². The minimum atomic E-state index is -0.0648. The Bertz CT molecular complexity index is 1030. The third-order valence-electron chi connectivity index (χ3n) is 5.77. The molecule has 3 aromatic rings. The molecule has 0 aliphatic carbocycles. The predicted molar refractivity (Wildman–Crippen MR) is 114 cm³/mol. The van der Waals surface area contributed by atoms with E-state index in [-0.39, 0.29) is 11.8 Å². The molecule has 152 valence electrons. The fourth-order valence-electron chi connectivity index (χ4n) is 3.97. The first kappa shape index (κ1) is 19.4.